The van der Waals surface area contributed by atoms with Gasteiger partial charge in [0.25, 0.3) is 0 Å². The predicted octanol–water partition coefficient (Wildman–Crippen LogP) is 2.82. The molecule has 4 bridgehead atoms. The Kier molecular flexibility index (Phi) is 2.89. The molecule has 5 fully saturated rings. The van der Waals surface area contributed by atoms with Gasteiger partial charge in [-0.3, -0.25) is 0 Å². The quantitative estimate of drug-likeness (QED) is 0.822. The lowest BCUT2D eigenvalue weighted by Gasteiger charge is -2.65. The van der Waals surface area contributed by atoms with E-state index in [-0.39, 0.29) is 17.6 Å². The van der Waals surface area contributed by atoms with E-state index in [1.54, 1.807) is 0 Å². The van der Waals surface area contributed by atoms with Crippen LogP contribution in [0, 0.1) is 16.7 Å². The molecular formula is C17H28N2O2. The van der Waals surface area contributed by atoms with Crippen LogP contribution in [0.15, 0.2) is 0 Å². The molecule has 3 atom stereocenters. The summed E-state index contributed by atoms with van der Waals surface area (Å²) in [6, 6.07) is 0.227. The van der Waals surface area contributed by atoms with E-state index < -0.39 is 0 Å². The van der Waals surface area contributed by atoms with E-state index in [0.717, 1.165) is 18.9 Å². The Balaban J connectivity index is 1.47. The molecule has 1 saturated heterocycles. The zero-order valence-electron chi connectivity index (χ0n) is 13.3. The normalized spacial score (nSPS) is 51.1. The SMILES string of the molecule is CC12CC3CC(C)(C1)CC(NC(=O)NC1CCOC1)(C3)C2. The van der Waals surface area contributed by atoms with Gasteiger partial charge in [-0.1, -0.05) is 13.8 Å². The van der Waals surface area contributed by atoms with Crippen molar-refractivity contribution >= 4 is 6.03 Å². The van der Waals surface area contributed by atoms with E-state index >= 15 is 0 Å². The first-order valence-electron chi connectivity index (χ1n) is 8.54. The molecule has 0 aromatic carbocycles. The Morgan fingerprint density at radius 3 is 2.38 bits per heavy atom. The van der Waals surface area contributed by atoms with Gasteiger partial charge in [-0.2, -0.15) is 0 Å². The van der Waals surface area contributed by atoms with Gasteiger partial charge < -0.3 is 15.4 Å². The van der Waals surface area contributed by atoms with Crippen molar-refractivity contribution in [1.29, 1.82) is 0 Å². The number of hydrogen-bond donors (Lipinski definition) is 2. The predicted molar refractivity (Wildman–Crippen MR) is 81.0 cm³/mol. The first kappa shape index (κ1) is 13.9. The third-order valence-electron chi connectivity index (χ3n) is 6.27. The van der Waals surface area contributed by atoms with Crippen LogP contribution in [0.5, 0.6) is 0 Å². The minimum Gasteiger partial charge on any atom is -0.379 e. The summed E-state index contributed by atoms with van der Waals surface area (Å²) in [4.78, 5) is 12.4. The maximum atomic E-state index is 12.4. The molecule has 1 aliphatic heterocycles. The second-order valence-electron chi connectivity index (χ2n) is 9.07. The highest BCUT2D eigenvalue weighted by molar-refractivity contribution is 5.75. The number of rotatable bonds is 2. The maximum absolute atomic E-state index is 12.4. The number of urea groups is 1. The molecule has 4 nitrogen and oxygen atoms in total. The van der Waals surface area contributed by atoms with E-state index in [0.29, 0.717) is 17.4 Å². The summed E-state index contributed by atoms with van der Waals surface area (Å²) >= 11 is 0. The molecular weight excluding hydrogens is 264 g/mol. The monoisotopic (exact) mass is 292 g/mol. The first-order valence-corrected chi connectivity index (χ1v) is 8.54. The maximum Gasteiger partial charge on any atom is 0.315 e. The lowest BCUT2D eigenvalue weighted by atomic mass is 9.43. The molecule has 118 valence electrons. The van der Waals surface area contributed by atoms with Crippen LogP contribution in [0.4, 0.5) is 4.79 Å². The van der Waals surface area contributed by atoms with Crippen LogP contribution in [-0.2, 0) is 4.74 Å². The number of carbonyl (C=O) groups is 1. The van der Waals surface area contributed by atoms with Crippen molar-refractivity contribution in [3.63, 3.8) is 0 Å². The van der Waals surface area contributed by atoms with Crippen molar-refractivity contribution in [2.75, 3.05) is 13.2 Å². The van der Waals surface area contributed by atoms with Gasteiger partial charge in [0.15, 0.2) is 0 Å². The second-order valence-corrected chi connectivity index (χ2v) is 9.07. The number of carbonyl (C=O) groups excluding carboxylic acids is 1. The van der Waals surface area contributed by atoms with Gasteiger partial charge in [0.2, 0.25) is 0 Å². The highest BCUT2D eigenvalue weighted by atomic mass is 16.5. The molecule has 4 heteroatoms. The van der Waals surface area contributed by atoms with Crippen LogP contribution in [0.25, 0.3) is 0 Å². The molecule has 1 heterocycles. The fourth-order valence-corrected chi connectivity index (χ4v) is 6.70. The van der Waals surface area contributed by atoms with Crippen molar-refractivity contribution in [3.8, 4) is 0 Å². The minimum atomic E-state index is 0.0275. The van der Waals surface area contributed by atoms with Gasteiger partial charge in [-0.25, -0.2) is 4.79 Å². The molecule has 0 aromatic rings. The molecule has 3 unspecified atom stereocenters. The Hall–Kier alpha value is -0.770. The van der Waals surface area contributed by atoms with Gasteiger partial charge in [0, 0.05) is 12.1 Å². The summed E-state index contributed by atoms with van der Waals surface area (Å²) in [5.74, 6) is 0.811. The molecule has 0 radical (unpaired) electrons. The summed E-state index contributed by atoms with van der Waals surface area (Å²) in [6.45, 7) is 6.32. The molecule has 5 aliphatic rings. The van der Waals surface area contributed by atoms with Crippen LogP contribution in [0.2, 0.25) is 0 Å². The minimum absolute atomic E-state index is 0.0275. The van der Waals surface area contributed by atoms with Crippen molar-refractivity contribution in [2.24, 2.45) is 16.7 Å². The standard InChI is InChI=1S/C17H28N2O2/c1-15-5-12-6-16(2,9-15)11-17(7-12,10-15)19-14(20)18-13-3-4-21-8-13/h12-13H,3-11H2,1-2H3,(H2,18,19,20). The Morgan fingerprint density at radius 2 is 1.81 bits per heavy atom. The van der Waals surface area contributed by atoms with Gasteiger partial charge in [0.1, 0.15) is 0 Å². The van der Waals surface area contributed by atoms with Gasteiger partial charge >= 0.3 is 6.03 Å². The van der Waals surface area contributed by atoms with Gasteiger partial charge in [0.05, 0.1) is 12.6 Å². The van der Waals surface area contributed by atoms with E-state index in [4.69, 9.17) is 4.74 Å². The lowest BCUT2D eigenvalue weighted by Crippen LogP contribution is -2.66. The Morgan fingerprint density at radius 1 is 1.10 bits per heavy atom. The molecule has 5 rings (SSSR count). The first-order chi connectivity index (χ1) is 9.88. The molecule has 0 aromatic heterocycles. The average Bonchev–Trinajstić information content (AvgIpc) is 2.74. The summed E-state index contributed by atoms with van der Waals surface area (Å²) in [5, 5.41) is 6.50. The number of ether oxygens (including phenoxy) is 1. The third kappa shape index (κ3) is 2.45. The molecule has 2 amide bonds. The number of nitrogens with one attached hydrogen (secondary N) is 2. The Labute approximate surface area is 127 Å². The van der Waals surface area contributed by atoms with Gasteiger partial charge in [-0.05, 0) is 61.7 Å². The summed E-state index contributed by atoms with van der Waals surface area (Å²) in [7, 11) is 0. The third-order valence-corrected chi connectivity index (χ3v) is 6.27. The van der Waals surface area contributed by atoms with E-state index in [2.05, 4.69) is 24.5 Å². The highest BCUT2D eigenvalue weighted by Gasteiger charge is 2.60. The smallest absolute Gasteiger partial charge is 0.315 e. The van der Waals surface area contributed by atoms with Crippen LogP contribution in [0.3, 0.4) is 0 Å². The number of amides is 2. The fraction of sp³-hybridized carbons (Fsp3) is 0.941. The lowest BCUT2D eigenvalue weighted by molar-refractivity contribution is -0.113. The summed E-state index contributed by atoms with van der Waals surface area (Å²) in [5.41, 5.74) is 0.933. The zero-order valence-corrected chi connectivity index (χ0v) is 13.3. The van der Waals surface area contributed by atoms with Gasteiger partial charge in [-0.15, -0.1) is 0 Å². The second kappa shape index (κ2) is 4.37. The van der Waals surface area contributed by atoms with Crippen LogP contribution >= 0.6 is 0 Å². The number of hydrogen-bond acceptors (Lipinski definition) is 2. The molecule has 4 aliphatic carbocycles. The fourth-order valence-electron chi connectivity index (χ4n) is 6.70. The van der Waals surface area contributed by atoms with Crippen molar-refractivity contribution in [1.82, 2.24) is 10.6 Å². The van der Waals surface area contributed by atoms with Crippen LogP contribution < -0.4 is 10.6 Å². The van der Waals surface area contributed by atoms with Crippen LogP contribution in [0.1, 0.15) is 58.8 Å². The largest absolute Gasteiger partial charge is 0.379 e. The summed E-state index contributed by atoms with van der Waals surface area (Å²) in [6.07, 6.45) is 8.54. The molecule has 21 heavy (non-hydrogen) atoms. The zero-order chi connectivity index (χ0) is 14.7. The van der Waals surface area contributed by atoms with Crippen molar-refractivity contribution < 1.29 is 9.53 Å². The molecule has 2 N–H and O–H groups in total. The van der Waals surface area contributed by atoms with Crippen molar-refractivity contribution in [2.45, 2.75) is 70.4 Å². The highest BCUT2D eigenvalue weighted by Crippen LogP contribution is 2.66. The average molecular weight is 292 g/mol. The van der Waals surface area contributed by atoms with E-state index in [1.807, 2.05) is 0 Å². The molecule has 0 spiro atoms. The Bertz CT molecular complexity index is 440. The topological polar surface area (TPSA) is 50.4 Å². The van der Waals surface area contributed by atoms with E-state index in [1.165, 1.54) is 38.5 Å². The van der Waals surface area contributed by atoms with E-state index in [9.17, 15) is 4.79 Å². The summed E-state index contributed by atoms with van der Waals surface area (Å²) < 4.78 is 5.34. The molecule has 4 saturated carbocycles. The van der Waals surface area contributed by atoms with Crippen LogP contribution in [-0.4, -0.2) is 30.8 Å². The van der Waals surface area contributed by atoms with Crippen molar-refractivity contribution in [3.05, 3.63) is 0 Å².